The van der Waals surface area contributed by atoms with Crippen molar-refractivity contribution in [2.24, 2.45) is 5.92 Å². The Morgan fingerprint density at radius 2 is 1.75 bits per heavy atom. The highest BCUT2D eigenvalue weighted by Gasteiger charge is 2.40. The van der Waals surface area contributed by atoms with E-state index in [0.717, 1.165) is 18.4 Å². The van der Waals surface area contributed by atoms with Crippen LogP contribution in [0.15, 0.2) is 47.5 Å². The molecule has 0 unspecified atom stereocenters. The molecule has 36 heavy (non-hydrogen) atoms. The molecule has 1 atom stereocenters. The monoisotopic (exact) mass is 530 g/mol. The number of halogens is 1. The molecule has 190 valence electrons. The number of aromatic nitrogens is 1. The van der Waals surface area contributed by atoms with Crippen LogP contribution < -0.4 is 5.32 Å². The summed E-state index contributed by atoms with van der Waals surface area (Å²) in [6, 6.07) is 7.88. The Balaban J connectivity index is 0.00000304. The molecule has 5 rings (SSSR count). The normalized spacial score (nSPS) is 20.1. The van der Waals surface area contributed by atoms with E-state index in [-0.39, 0.29) is 46.7 Å². The zero-order chi connectivity index (χ0) is 24.7. The van der Waals surface area contributed by atoms with E-state index in [4.69, 9.17) is 5.11 Å². The van der Waals surface area contributed by atoms with Gasteiger partial charge in [-0.15, -0.1) is 12.4 Å². The maximum Gasteiger partial charge on any atom is 0.337 e. The van der Waals surface area contributed by atoms with E-state index < -0.39 is 21.7 Å². The number of allylic oxidation sites excluding steroid dienone is 1. The molecule has 1 heterocycles. The van der Waals surface area contributed by atoms with Crippen LogP contribution in [0.4, 0.5) is 5.82 Å². The SMILES string of the molecule is Cl.O=C1CC[C@H](C=C(C(=O)Nc2ccc(C(=O)O)cn2)c2ccc(S(=O)(=O)C3CC3)c(C3CC3)c2)C1. The molecule has 1 aromatic heterocycles. The zero-order valence-electron chi connectivity index (χ0n) is 19.5. The first-order chi connectivity index (χ1) is 16.7. The fourth-order valence-electron chi connectivity index (χ4n) is 4.55. The van der Waals surface area contributed by atoms with Crippen molar-refractivity contribution in [3.8, 4) is 0 Å². The van der Waals surface area contributed by atoms with Crippen molar-refractivity contribution < 1.29 is 27.9 Å². The summed E-state index contributed by atoms with van der Waals surface area (Å²) < 4.78 is 26.0. The number of nitrogens with one attached hydrogen (secondary N) is 1. The Bertz CT molecular complexity index is 1340. The number of carbonyl (C=O) groups excluding carboxylic acids is 2. The molecule has 0 bridgehead atoms. The van der Waals surface area contributed by atoms with E-state index in [1.165, 1.54) is 18.3 Å². The van der Waals surface area contributed by atoms with E-state index in [2.05, 4.69) is 10.3 Å². The summed E-state index contributed by atoms with van der Waals surface area (Å²) >= 11 is 0. The predicted octanol–water partition coefficient (Wildman–Crippen LogP) is 4.41. The predicted molar refractivity (Wildman–Crippen MR) is 136 cm³/mol. The largest absolute Gasteiger partial charge is 0.478 e. The van der Waals surface area contributed by atoms with Gasteiger partial charge in [0.1, 0.15) is 11.6 Å². The molecule has 3 saturated carbocycles. The Labute approximate surface area is 215 Å². The highest BCUT2D eigenvalue weighted by Crippen LogP contribution is 2.46. The third-order valence-electron chi connectivity index (χ3n) is 6.79. The minimum atomic E-state index is -3.38. The lowest BCUT2D eigenvalue weighted by Crippen LogP contribution is -2.16. The number of hydrogen-bond acceptors (Lipinski definition) is 6. The topological polar surface area (TPSA) is 130 Å². The van der Waals surface area contributed by atoms with Gasteiger partial charge < -0.3 is 10.4 Å². The Morgan fingerprint density at radius 3 is 2.31 bits per heavy atom. The standard InChI is InChI=1S/C26H26N2O6S.ClH/c29-19-6-1-15(11-19)12-22(25(30)28-24-10-5-18(14-27-24)26(31)32)17-4-9-23(21(13-17)16-2-3-16)35(33,34)20-7-8-20;/h4-5,9-10,12-16,20H,1-3,6-8,11H2,(H,31,32)(H,27,28,30);1H/t15-;/m0./s1. The van der Waals surface area contributed by atoms with Crippen LogP contribution >= 0.6 is 12.4 Å². The van der Waals surface area contributed by atoms with Gasteiger partial charge >= 0.3 is 5.97 Å². The molecule has 0 radical (unpaired) electrons. The van der Waals surface area contributed by atoms with Crippen molar-refractivity contribution in [3.05, 3.63) is 59.3 Å². The number of carboxylic acid groups (broad SMARTS) is 1. The van der Waals surface area contributed by atoms with Gasteiger partial charge in [0.25, 0.3) is 5.91 Å². The number of aromatic carboxylic acids is 1. The van der Waals surface area contributed by atoms with Gasteiger partial charge in [-0.2, -0.15) is 0 Å². The van der Waals surface area contributed by atoms with Crippen LogP contribution in [0.5, 0.6) is 0 Å². The summed E-state index contributed by atoms with van der Waals surface area (Å²) in [5.41, 5.74) is 1.72. The number of Topliss-reactive ketones (excluding diaryl/α,β-unsaturated/α-hetero) is 1. The second kappa shape index (κ2) is 10.1. The first kappa shape index (κ1) is 26.0. The molecule has 0 aliphatic heterocycles. The van der Waals surface area contributed by atoms with Gasteiger partial charge in [-0.25, -0.2) is 18.2 Å². The number of amides is 1. The lowest BCUT2D eigenvalue weighted by Gasteiger charge is -2.15. The highest BCUT2D eigenvalue weighted by molar-refractivity contribution is 7.92. The fraction of sp³-hybridized carbons (Fsp3) is 0.385. The van der Waals surface area contributed by atoms with Crippen LogP contribution in [0.1, 0.15) is 72.3 Å². The van der Waals surface area contributed by atoms with E-state index in [1.807, 2.05) is 6.07 Å². The molecule has 3 fully saturated rings. The molecule has 1 amide bonds. The average Bonchev–Trinajstić information content (AvgIpc) is 3.75. The number of carboxylic acids is 1. The number of nitrogens with zero attached hydrogens (tertiary/aromatic N) is 1. The second-order valence-corrected chi connectivity index (χ2v) is 11.8. The molecule has 3 aliphatic rings. The van der Waals surface area contributed by atoms with Gasteiger partial charge in [-0.1, -0.05) is 12.1 Å². The maximum absolute atomic E-state index is 13.4. The number of sulfone groups is 1. The summed E-state index contributed by atoms with van der Waals surface area (Å²) in [4.78, 5) is 40.7. The third-order valence-corrected chi connectivity index (χ3v) is 9.12. The Hall–Kier alpha value is -3.04. The quantitative estimate of drug-likeness (QED) is 0.483. The van der Waals surface area contributed by atoms with Crippen LogP contribution in [-0.4, -0.2) is 41.4 Å². The van der Waals surface area contributed by atoms with Crippen molar-refractivity contribution in [1.82, 2.24) is 4.98 Å². The molecule has 2 aromatic rings. The summed E-state index contributed by atoms with van der Waals surface area (Å²) in [5, 5.41) is 11.5. The van der Waals surface area contributed by atoms with E-state index >= 15 is 0 Å². The lowest BCUT2D eigenvalue weighted by molar-refractivity contribution is -0.117. The molecule has 3 aliphatic carbocycles. The van der Waals surface area contributed by atoms with E-state index in [0.29, 0.717) is 48.1 Å². The minimum absolute atomic E-state index is 0. The molecule has 8 nitrogen and oxygen atoms in total. The van der Waals surface area contributed by atoms with Crippen LogP contribution in [-0.2, 0) is 19.4 Å². The third kappa shape index (κ3) is 5.52. The van der Waals surface area contributed by atoms with Crippen molar-refractivity contribution in [2.75, 3.05) is 5.32 Å². The Morgan fingerprint density at radius 1 is 1.03 bits per heavy atom. The van der Waals surface area contributed by atoms with E-state index in [9.17, 15) is 22.8 Å². The highest BCUT2D eigenvalue weighted by atomic mass is 35.5. The molecular formula is C26H27ClN2O6S. The van der Waals surface area contributed by atoms with Crippen molar-refractivity contribution >= 4 is 51.3 Å². The Kier molecular flexibility index (Phi) is 7.33. The number of pyridine rings is 1. The minimum Gasteiger partial charge on any atom is -0.478 e. The van der Waals surface area contributed by atoms with Crippen LogP contribution in [0, 0.1) is 5.92 Å². The zero-order valence-corrected chi connectivity index (χ0v) is 21.1. The number of benzene rings is 1. The smallest absolute Gasteiger partial charge is 0.337 e. The van der Waals surface area contributed by atoms with Crippen LogP contribution in [0.25, 0.3) is 5.57 Å². The second-order valence-electron chi connectivity index (χ2n) is 9.58. The molecule has 1 aromatic carbocycles. The molecule has 0 spiro atoms. The number of hydrogen-bond donors (Lipinski definition) is 2. The molecule has 0 saturated heterocycles. The van der Waals surface area contributed by atoms with Gasteiger partial charge in [0, 0.05) is 24.6 Å². The average molecular weight is 531 g/mol. The van der Waals surface area contributed by atoms with Gasteiger partial charge in [0.2, 0.25) is 0 Å². The van der Waals surface area contributed by atoms with Crippen LogP contribution in [0.3, 0.4) is 0 Å². The first-order valence-corrected chi connectivity index (χ1v) is 13.4. The van der Waals surface area contributed by atoms with Crippen molar-refractivity contribution in [3.63, 3.8) is 0 Å². The lowest BCUT2D eigenvalue weighted by atomic mass is 9.95. The van der Waals surface area contributed by atoms with Crippen molar-refractivity contribution in [2.45, 2.75) is 61.0 Å². The van der Waals surface area contributed by atoms with Crippen molar-refractivity contribution in [1.29, 1.82) is 0 Å². The van der Waals surface area contributed by atoms with Gasteiger partial charge in [-0.05, 0) is 79.3 Å². The first-order valence-electron chi connectivity index (χ1n) is 11.8. The summed E-state index contributed by atoms with van der Waals surface area (Å²) in [6.45, 7) is 0. The van der Waals surface area contributed by atoms with Gasteiger partial charge in [0.05, 0.1) is 15.7 Å². The summed E-state index contributed by atoms with van der Waals surface area (Å²) in [6.07, 6.45) is 7.66. The number of rotatable bonds is 8. The van der Waals surface area contributed by atoms with Gasteiger partial charge in [-0.3, -0.25) is 9.59 Å². The fourth-order valence-corrected chi connectivity index (χ4v) is 6.48. The summed E-state index contributed by atoms with van der Waals surface area (Å²) in [7, 11) is -3.38. The summed E-state index contributed by atoms with van der Waals surface area (Å²) in [5.74, 6) is -1.12. The maximum atomic E-state index is 13.4. The number of ketones is 1. The number of carbonyl (C=O) groups is 3. The van der Waals surface area contributed by atoms with Gasteiger partial charge in [0.15, 0.2) is 9.84 Å². The molecule has 2 N–H and O–H groups in total. The number of anilines is 1. The van der Waals surface area contributed by atoms with E-state index in [1.54, 1.807) is 18.2 Å². The van der Waals surface area contributed by atoms with Crippen LogP contribution in [0.2, 0.25) is 0 Å². The molecule has 10 heteroatoms. The molecular weight excluding hydrogens is 504 g/mol.